The highest BCUT2D eigenvalue weighted by molar-refractivity contribution is 6.04. The number of aromatic amines is 1. The minimum Gasteiger partial charge on any atom is -0.497 e. The van der Waals surface area contributed by atoms with Crippen LogP contribution in [0.15, 0.2) is 54.6 Å². The van der Waals surface area contributed by atoms with Crippen molar-refractivity contribution in [1.29, 1.82) is 5.26 Å². The van der Waals surface area contributed by atoms with Gasteiger partial charge in [0, 0.05) is 17.2 Å². The Morgan fingerprint density at radius 2 is 1.97 bits per heavy atom. The molecular weight excluding hydrogens is 408 g/mol. The van der Waals surface area contributed by atoms with E-state index < -0.39 is 11.8 Å². The molecule has 4 nitrogen and oxygen atoms in total. The molecule has 1 aromatic heterocycles. The van der Waals surface area contributed by atoms with Gasteiger partial charge in [-0.05, 0) is 59.7 Å². The number of halogens is 2. The van der Waals surface area contributed by atoms with E-state index in [1.165, 1.54) is 13.2 Å². The van der Waals surface area contributed by atoms with E-state index in [9.17, 15) is 9.65 Å². The number of aromatic nitrogens is 2. The van der Waals surface area contributed by atoms with Crippen LogP contribution in [-0.2, 0) is 0 Å². The van der Waals surface area contributed by atoms with Gasteiger partial charge in [-0.2, -0.15) is 9.65 Å². The van der Waals surface area contributed by atoms with Crippen LogP contribution in [0.1, 0.15) is 35.1 Å². The molecule has 0 atom stereocenters. The van der Waals surface area contributed by atoms with Gasteiger partial charge in [0.05, 0.1) is 23.6 Å². The lowest BCUT2D eigenvalue weighted by Gasteiger charge is -2.19. The predicted molar refractivity (Wildman–Crippen MR) is 118 cm³/mol. The first-order valence-corrected chi connectivity index (χ1v) is 10.2. The van der Waals surface area contributed by atoms with Crippen LogP contribution in [0.2, 0.25) is 0 Å². The summed E-state index contributed by atoms with van der Waals surface area (Å²) in [6.45, 7) is 0. The lowest BCUT2D eigenvalue weighted by atomic mass is 9.84. The molecule has 157 valence electrons. The van der Waals surface area contributed by atoms with Crippen LogP contribution in [0.4, 0.5) is 8.78 Å². The Morgan fingerprint density at radius 3 is 2.62 bits per heavy atom. The molecule has 1 heterocycles. The van der Waals surface area contributed by atoms with Gasteiger partial charge in [-0.15, -0.1) is 5.10 Å². The summed E-state index contributed by atoms with van der Waals surface area (Å²) >= 11 is 0. The van der Waals surface area contributed by atoms with Crippen molar-refractivity contribution in [1.82, 2.24) is 10.2 Å². The second kappa shape index (κ2) is 7.93. The van der Waals surface area contributed by atoms with E-state index in [0.29, 0.717) is 33.5 Å². The Balaban J connectivity index is 1.88. The number of benzene rings is 3. The van der Waals surface area contributed by atoms with Crippen LogP contribution in [0.5, 0.6) is 5.75 Å². The van der Waals surface area contributed by atoms with Gasteiger partial charge in [-0.3, -0.25) is 5.10 Å². The summed E-state index contributed by atoms with van der Waals surface area (Å²) in [5.74, 6) is -0.598. The molecule has 4 aromatic rings. The number of methoxy groups -OCH3 is 1. The van der Waals surface area contributed by atoms with Gasteiger partial charge in [0.1, 0.15) is 17.6 Å². The van der Waals surface area contributed by atoms with Crippen molar-refractivity contribution in [3.05, 3.63) is 94.7 Å². The topological polar surface area (TPSA) is 61.7 Å². The van der Waals surface area contributed by atoms with E-state index in [1.807, 2.05) is 18.2 Å². The molecular formula is C26H18F2N3O. The minimum atomic E-state index is -0.738. The molecule has 1 saturated carbocycles. The molecule has 6 heteroatoms. The molecule has 0 aliphatic heterocycles. The fraction of sp³-hybridized carbons (Fsp3) is 0.154. The quantitative estimate of drug-likeness (QED) is 0.405. The van der Waals surface area contributed by atoms with Gasteiger partial charge in [0.2, 0.25) is 5.95 Å². The van der Waals surface area contributed by atoms with Gasteiger partial charge < -0.3 is 4.74 Å². The molecule has 0 spiro atoms. The van der Waals surface area contributed by atoms with Gasteiger partial charge in [-0.1, -0.05) is 30.3 Å². The lowest BCUT2D eigenvalue weighted by Crippen LogP contribution is -2.02. The van der Waals surface area contributed by atoms with Gasteiger partial charge in [0.25, 0.3) is 0 Å². The number of nitrogens with one attached hydrogen (secondary N) is 1. The summed E-state index contributed by atoms with van der Waals surface area (Å²) in [6, 6.07) is 21.0. The Morgan fingerprint density at radius 1 is 1.16 bits per heavy atom. The van der Waals surface area contributed by atoms with E-state index in [0.717, 1.165) is 18.4 Å². The average molecular weight is 426 g/mol. The fourth-order valence-electron chi connectivity index (χ4n) is 4.16. The highest BCUT2D eigenvalue weighted by Gasteiger charge is 2.33. The Hall–Kier alpha value is -3.98. The molecule has 0 saturated heterocycles. The van der Waals surface area contributed by atoms with E-state index in [4.69, 9.17) is 4.74 Å². The summed E-state index contributed by atoms with van der Waals surface area (Å²) < 4.78 is 34.9. The number of ether oxygens (including phenoxy) is 1. The molecule has 0 bridgehead atoms. The maximum absolute atomic E-state index is 15.3. The lowest BCUT2D eigenvalue weighted by molar-refractivity contribution is 0.411. The fourth-order valence-corrected chi connectivity index (χ4v) is 4.16. The number of hydrogen-bond acceptors (Lipinski definition) is 3. The van der Waals surface area contributed by atoms with Gasteiger partial charge in [0.15, 0.2) is 0 Å². The van der Waals surface area contributed by atoms with E-state index in [-0.39, 0.29) is 16.9 Å². The number of nitrogens with zero attached hydrogens (tertiary/aromatic N) is 2. The third-order valence-electron chi connectivity index (χ3n) is 5.77. The molecule has 5 rings (SSSR count). The summed E-state index contributed by atoms with van der Waals surface area (Å²) in [7, 11) is 1.49. The number of allylic oxidation sites excluding steroid dienone is 1. The normalized spacial score (nSPS) is 14.2. The van der Waals surface area contributed by atoms with Crippen LogP contribution in [0.25, 0.3) is 22.0 Å². The SMILES string of the molecule is COc1ccc(/C(=C(\c2[c]cccc2)c2ccc3[nH]nc(F)c3c2C#N)C2CC2)c(F)c1. The minimum absolute atomic E-state index is 0.123. The Bertz CT molecular complexity index is 1400. The monoisotopic (exact) mass is 426 g/mol. The molecule has 0 unspecified atom stereocenters. The molecule has 3 aromatic carbocycles. The smallest absolute Gasteiger partial charge is 0.241 e. The first-order valence-electron chi connectivity index (χ1n) is 10.2. The van der Waals surface area contributed by atoms with Crippen molar-refractivity contribution in [3.8, 4) is 11.8 Å². The number of fused-ring (bicyclic) bond motifs is 1. The molecule has 1 radical (unpaired) electrons. The number of H-pyrrole nitrogens is 1. The third kappa shape index (κ3) is 3.32. The van der Waals surface area contributed by atoms with Crippen molar-refractivity contribution < 1.29 is 13.5 Å². The number of nitriles is 1. The molecule has 1 N–H and O–H groups in total. The number of hydrogen-bond donors (Lipinski definition) is 1. The van der Waals surface area contributed by atoms with Crippen LogP contribution in [-0.4, -0.2) is 17.3 Å². The highest BCUT2D eigenvalue weighted by Crippen LogP contribution is 2.49. The molecule has 32 heavy (non-hydrogen) atoms. The van der Waals surface area contributed by atoms with Crippen molar-refractivity contribution in [2.24, 2.45) is 5.92 Å². The van der Waals surface area contributed by atoms with Crippen LogP contribution in [0, 0.1) is 35.1 Å². The molecule has 1 fully saturated rings. The van der Waals surface area contributed by atoms with Crippen molar-refractivity contribution in [2.45, 2.75) is 12.8 Å². The largest absolute Gasteiger partial charge is 0.497 e. The van der Waals surface area contributed by atoms with E-state index >= 15 is 4.39 Å². The summed E-state index contributed by atoms with van der Waals surface area (Å²) in [4.78, 5) is 0. The third-order valence-corrected chi connectivity index (χ3v) is 5.77. The first-order chi connectivity index (χ1) is 15.6. The number of rotatable bonds is 5. The van der Waals surface area contributed by atoms with Crippen LogP contribution in [0.3, 0.4) is 0 Å². The van der Waals surface area contributed by atoms with Crippen LogP contribution >= 0.6 is 0 Å². The van der Waals surface area contributed by atoms with E-state index in [2.05, 4.69) is 22.3 Å². The summed E-state index contributed by atoms with van der Waals surface area (Å²) in [6.07, 6.45) is 1.81. The highest BCUT2D eigenvalue weighted by atomic mass is 19.1. The average Bonchev–Trinajstić information content (AvgIpc) is 3.60. The maximum atomic E-state index is 15.3. The van der Waals surface area contributed by atoms with Crippen molar-refractivity contribution in [3.63, 3.8) is 0 Å². The Kier molecular flexibility index (Phi) is 4.95. The van der Waals surface area contributed by atoms with Gasteiger partial charge >= 0.3 is 0 Å². The zero-order valence-corrected chi connectivity index (χ0v) is 17.2. The van der Waals surface area contributed by atoms with E-state index in [1.54, 1.807) is 30.3 Å². The molecule has 1 aliphatic carbocycles. The van der Waals surface area contributed by atoms with Gasteiger partial charge in [-0.25, -0.2) is 4.39 Å². The second-order valence-electron chi connectivity index (χ2n) is 7.72. The second-order valence-corrected chi connectivity index (χ2v) is 7.72. The van der Waals surface area contributed by atoms with Crippen molar-refractivity contribution in [2.75, 3.05) is 7.11 Å². The summed E-state index contributed by atoms with van der Waals surface area (Å²) in [5, 5.41) is 16.4. The predicted octanol–water partition coefficient (Wildman–Crippen LogP) is 5.89. The zero-order valence-electron chi connectivity index (χ0n) is 17.2. The first kappa shape index (κ1) is 20.0. The van der Waals surface area contributed by atoms with Crippen LogP contribution < -0.4 is 4.74 Å². The Labute approximate surface area is 183 Å². The molecule has 0 amide bonds. The maximum Gasteiger partial charge on any atom is 0.241 e. The summed E-state index contributed by atoms with van der Waals surface area (Å²) in [5.41, 5.74) is 3.74. The molecule has 1 aliphatic rings. The standard InChI is InChI=1S/C26H18F2N3O/c1-32-17-9-10-19(21(27)13-17)24(16-7-8-16)23(15-5-3-2-4-6-15)18-11-12-22-25(20(18)14-29)26(28)31-30-22/h2-5,9-13,16H,7-8H2,1H3,(H,30,31)/b24-23+. The zero-order chi connectivity index (χ0) is 22.2. The van der Waals surface area contributed by atoms with Crippen molar-refractivity contribution >= 4 is 22.0 Å².